The lowest BCUT2D eigenvalue weighted by Gasteiger charge is -2.12. The third-order valence-electron chi connectivity index (χ3n) is 4.64. The molecule has 1 fully saturated rings. The first-order chi connectivity index (χ1) is 14.4. The van der Waals surface area contributed by atoms with Gasteiger partial charge < -0.3 is 10.1 Å². The van der Waals surface area contributed by atoms with E-state index in [2.05, 4.69) is 20.4 Å². The average Bonchev–Trinajstić information content (AvgIpc) is 3.45. The monoisotopic (exact) mass is 427 g/mol. The van der Waals surface area contributed by atoms with E-state index in [4.69, 9.17) is 4.74 Å². The molecule has 0 spiro atoms. The molecule has 1 aliphatic carbocycles. The molecular weight excluding hydrogens is 406 g/mol. The lowest BCUT2D eigenvalue weighted by atomic mass is 10.2. The van der Waals surface area contributed by atoms with Gasteiger partial charge in [-0.2, -0.15) is 0 Å². The Morgan fingerprint density at radius 1 is 1.17 bits per heavy atom. The zero-order valence-electron chi connectivity index (χ0n) is 16.5. The maximum Gasteiger partial charge on any atom is 0.278 e. The van der Waals surface area contributed by atoms with E-state index >= 15 is 0 Å². The first-order valence-corrected chi connectivity index (χ1v) is 11.2. The molecule has 2 N–H and O–H groups in total. The summed E-state index contributed by atoms with van der Waals surface area (Å²) < 4.78 is 32.5. The molecular formula is C20H21N5O4S. The Morgan fingerprint density at radius 2 is 1.90 bits per heavy atom. The van der Waals surface area contributed by atoms with Crippen LogP contribution in [0.4, 0.5) is 11.4 Å². The molecule has 0 unspecified atom stereocenters. The van der Waals surface area contributed by atoms with Crippen molar-refractivity contribution in [3.8, 4) is 11.4 Å². The van der Waals surface area contributed by atoms with Crippen molar-refractivity contribution in [3.63, 3.8) is 0 Å². The summed E-state index contributed by atoms with van der Waals surface area (Å²) >= 11 is 0. The molecule has 1 saturated carbocycles. The third kappa shape index (κ3) is 4.28. The number of hydrogen-bond donors (Lipinski definition) is 2. The lowest BCUT2D eigenvalue weighted by molar-refractivity contribution is 0.102. The topological polar surface area (TPSA) is 115 Å². The Kier molecular flexibility index (Phi) is 5.17. The van der Waals surface area contributed by atoms with Gasteiger partial charge in [0.05, 0.1) is 30.4 Å². The first kappa shape index (κ1) is 19.9. The number of para-hydroxylation sites is 1. The van der Waals surface area contributed by atoms with E-state index in [0.29, 0.717) is 11.4 Å². The number of rotatable bonds is 7. The number of methoxy groups -OCH3 is 1. The number of ether oxygens (including phenoxy) is 1. The number of anilines is 2. The van der Waals surface area contributed by atoms with Gasteiger partial charge >= 0.3 is 0 Å². The third-order valence-corrected chi connectivity index (χ3v) is 5.23. The molecule has 9 nitrogen and oxygen atoms in total. The number of aromatic nitrogens is 3. The molecule has 1 aromatic heterocycles. The van der Waals surface area contributed by atoms with E-state index in [0.717, 1.165) is 30.5 Å². The number of carbonyl (C=O) groups is 1. The summed E-state index contributed by atoms with van der Waals surface area (Å²) in [5.74, 6) is 0.168. The largest absolute Gasteiger partial charge is 0.495 e. The van der Waals surface area contributed by atoms with Crippen molar-refractivity contribution in [3.05, 3.63) is 59.9 Å². The van der Waals surface area contributed by atoms with Gasteiger partial charge in [-0.05, 0) is 43.2 Å². The highest BCUT2D eigenvalue weighted by Crippen LogP contribution is 2.42. The van der Waals surface area contributed by atoms with Crippen LogP contribution in [0.3, 0.4) is 0 Å². The predicted molar refractivity (Wildman–Crippen MR) is 113 cm³/mol. The summed E-state index contributed by atoms with van der Waals surface area (Å²) in [5, 5.41) is 11.1. The highest BCUT2D eigenvalue weighted by molar-refractivity contribution is 7.92. The van der Waals surface area contributed by atoms with Crippen LogP contribution in [0, 0.1) is 0 Å². The van der Waals surface area contributed by atoms with Crippen molar-refractivity contribution in [2.45, 2.75) is 18.8 Å². The summed E-state index contributed by atoms with van der Waals surface area (Å²) in [7, 11) is -2.08. The summed E-state index contributed by atoms with van der Waals surface area (Å²) in [5.41, 5.74) is 2.52. The van der Waals surface area contributed by atoms with Crippen LogP contribution >= 0.6 is 0 Å². The van der Waals surface area contributed by atoms with Gasteiger partial charge in [0.1, 0.15) is 5.75 Å². The molecule has 0 bridgehead atoms. The minimum Gasteiger partial charge on any atom is -0.495 e. The van der Waals surface area contributed by atoms with E-state index in [9.17, 15) is 13.2 Å². The Balaban J connectivity index is 1.64. The van der Waals surface area contributed by atoms with Crippen molar-refractivity contribution in [1.29, 1.82) is 0 Å². The fourth-order valence-electron chi connectivity index (χ4n) is 3.19. The normalized spacial score (nSPS) is 13.7. The van der Waals surface area contributed by atoms with Crippen LogP contribution in [0.2, 0.25) is 0 Å². The van der Waals surface area contributed by atoms with Gasteiger partial charge in [0.2, 0.25) is 10.0 Å². The van der Waals surface area contributed by atoms with Crippen molar-refractivity contribution >= 4 is 27.3 Å². The minimum atomic E-state index is -3.51. The number of amides is 1. The second-order valence-corrected chi connectivity index (χ2v) is 8.84. The highest BCUT2D eigenvalue weighted by Gasteiger charge is 2.34. The van der Waals surface area contributed by atoms with E-state index in [1.165, 1.54) is 13.2 Å². The van der Waals surface area contributed by atoms with E-state index in [1.807, 2.05) is 30.3 Å². The number of nitrogens with one attached hydrogen (secondary N) is 2. The fourth-order valence-corrected chi connectivity index (χ4v) is 3.75. The molecule has 0 atom stereocenters. The van der Waals surface area contributed by atoms with Gasteiger partial charge in [-0.25, -0.2) is 13.1 Å². The molecule has 1 amide bonds. The van der Waals surface area contributed by atoms with E-state index in [1.54, 1.807) is 16.8 Å². The maximum absolute atomic E-state index is 13.0. The molecule has 156 valence electrons. The second kappa shape index (κ2) is 7.79. The van der Waals surface area contributed by atoms with Crippen molar-refractivity contribution in [2.24, 2.45) is 0 Å². The van der Waals surface area contributed by atoms with Gasteiger partial charge in [-0.15, -0.1) is 5.10 Å². The van der Waals surface area contributed by atoms with Gasteiger partial charge in [0.15, 0.2) is 5.69 Å². The standard InChI is InChI=1S/C20H21N5O4S/c1-29-17-11-10-14(12-16(17)23-30(2,27)28)21-20(26)18-19(13-8-9-13)25(24-22-18)15-6-4-3-5-7-15/h3-7,10-13,23H,8-9H2,1-2H3,(H,21,26). The Hall–Kier alpha value is -3.40. The molecule has 3 aromatic rings. The summed E-state index contributed by atoms with van der Waals surface area (Å²) in [6.45, 7) is 0. The Morgan fingerprint density at radius 3 is 2.53 bits per heavy atom. The van der Waals surface area contributed by atoms with Gasteiger partial charge in [0.25, 0.3) is 5.91 Å². The van der Waals surface area contributed by atoms with E-state index < -0.39 is 15.9 Å². The van der Waals surface area contributed by atoms with Crippen molar-refractivity contribution < 1.29 is 17.9 Å². The molecule has 0 aliphatic heterocycles. The van der Waals surface area contributed by atoms with Crippen LogP contribution in [-0.4, -0.2) is 42.7 Å². The number of hydrogen-bond acceptors (Lipinski definition) is 6. The summed E-state index contributed by atoms with van der Waals surface area (Å²) in [6, 6.07) is 14.2. The van der Waals surface area contributed by atoms with Crippen molar-refractivity contribution in [1.82, 2.24) is 15.0 Å². The quantitative estimate of drug-likeness (QED) is 0.599. The molecule has 10 heteroatoms. The number of carbonyl (C=O) groups excluding carboxylic acids is 1. The van der Waals surface area contributed by atoms with Crippen LogP contribution in [-0.2, 0) is 10.0 Å². The smallest absolute Gasteiger partial charge is 0.278 e. The Labute approximate surface area is 174 Å². The molecule has 1 heterocycles. The van der Waals surface area contributed by atoms with Crippen LogP contribution in [0.15, 0.2) is 48.5 Å². The van der Waals surface area contributed by atoms with Gasteiger partial charge in [-0.1, -0.05) is 23.4 Å². The molecule has 2 aromatic carbocycles. The van der Waals surface area contributed by atoms with Crippen molar-refractivity contribution in [2.75, 3.05) is 23.4 Å². The van der Waals surface area contributed by atoms with Crippen LogP contribution in [0.1, 0.15) is 34.9 Å². The van der Waals surface area contributed by atoms with Crippen LogP contribution in [0.25, 0.3) is 5.69 Å². The van der Waals surface area contributed by atoms with Gasteiger partial charge in [0, 0.05) is 11.6 Å². The summed E-state index contributed by atoms with van der Waals surface area (Å²) in [6.07, 6.45) is 3.00. The molecule has 0 saturated heterocycles. The molecule has 0 radical (unpaired) electrons. The zero-order valence-corrected chi connectivity index (χ0v) is 17.3. The second-order valence-electron chi connectivity index (χ2n) is 7.09. The van der Waals surface area contributed by atoms with E-state index in [-0.39, 0.29) is 17.3 Å². The number of benzene rings is 2. The predicted octanol–water partition coefficient (Wildman–Crippen LogP) is 2.78. The summed E-state index contributed by atoms with van der Waals surface area (Å²) in [4.78, 5) is 13.0. The first-order valence-electron chi connectivity index (χ1n) is 9.34. The molecule has 1 aliphatic rings. The maximum atomic E-state index is 13.0. The Bertz CT molecular complexity index is 1190. The minimum absolute atomic E-state index is 0.230. The van der Waals surface area contributed by atoms with Crippen LogP contribution in [0.5, 0.6) is 5.75 Å². The molecule has 4 rings (SSSR count). The van der Waals surface area contributed by atoms with Crippen LogP contribution < -0.4 is 14.8 Å². The van der Waals surface area contributed by atoms with Gasteiger partial charge in [-0.3, -0.25) is 9.52 Å². The lowest BCUT2D eigenvalue weighted by Crippen LogP contribution is -2.16. The number of sulfonamides is 1. The zero-order chi connectivity index (χ0) is 21.3. The molecule has 30 heavy (non-hydrogen) atoms. The fraction of sp³-hybridized carbons (Fsp3) is 0.250. The average molecular weight is 427 g/mol. The SMILES string of the molecule is COc1ccc(NC(=O)c2nnn(-c3ccccc3)c2C2CC2)cc1NS(C)(=O)=O. The number of nitrogens with zero attached hydrogens (tertiary/aromatic N) is 3. The highest BCUT2D eigenvalue weighted by atomic mass is 32.2.